The van der Waals surface area contributed by atoms with Gasteiger partial charge in [-0.15, -0.1) is 0 Å². The molecular weight excluding hydrogens is 227 g/mol. The minimum Gasteiger partial charge on any atom is -0.399 e. The zero-order valence-electron chi connectivity index (χ0n) is 11.7. The van der Waals surface area contributed by atoms with Gasteiger partial charge in [-0.1, -0.05) is 6.07 Å². The molecule has 1 aliphatic heterocycles. The standard InChI is InChI=1S/C13H21BN2O2/c1-12(2)13(3,4)18-14(17-12)9-6-7-11(16-5)10(15)8-9/h6-8,16H,15H2,1-5H3. The molecule has 5 heteroatoms. The van der Waals surface area contributed by atoms with Gasteiger partial charge in [0, 0.05) is 7.05 Å². The lowest BCUT2D eigenvalue weighted by atomic mass is 9.79. The molecule has 1 fully saturated rings. The molecule has 1 aromatic carbocycles. The van der Waals surface area contributed by atoms with Gasteiger partial charge in [-0.05, 0) is 45.3 Å². The summed E-state index contributed by atoms with van der Waals surface area (Å²) in [5.41, 5.74) is 7.87. The molecule has 0 bridgehead atoms. The Morgan fingerprint density at radius 1 is 1.11 bits per heavy atom. The number of nitrogen functional groups attached to an aromatic ring is 1. The molecule has 1 aromatic rings. The highest BCUT2D eigenvalue weighted by atomic mass is 16.7. The topological polar surface area (TPSA) is 56.5 Å². The number of anilines is 2. The van der Waals surface area contributed by atoms with Gasteiger partial charge < -0.3 is 20.4 Å². The van der Waals surface area contributed by atoms with Crippen LogP contribution < -0.4 is 16.5 Å². The summed E-state index contributed by atoms with van der Waals surface area (Å²) in [6, 6.07) is 5.81. The van der Waals surface area contributed by atoms with Crippen molar-refractivity contribution in [3.63, 3.8) is 0 Å². The maximum Gasteiger partial charge on any atom is 0.494 e. The summed E-state index contributed by atoms with van der Waals surface area (Å²) in [5, 5.41) is 3.04. The van der Waals surface area contributed by atoms with Crippen LogP contribution in [0.2, 0.25) is 0 Å². The summed E-state index contributed by atoms with van der Waals surface area (Å²) in [6.07, 6.45) is 0. The fraction of sp³-hybridized carbons (Fsp3) is 0.538. The van der Waals surface area contributed by atoms with E-state index in [9.17, 15) is 0 Å². The van der Waals surface area contributed by atoms with Crippen LogP contribution in [-0.4, -0.2) is 25.4 Å². The second kappa shape index (κ2) is 4.18. The maximum atomic E-state index is 5.98. The molecule has 0 amide bonds. The van der Waals surface area contributed by atoms with Crippen LogP contribution in [0.1, 0.15) is 27.7 Å². The molecule has 0 saturated carbocycles. The Bertz CT molecular complexity index is 444. The molecule has 0 radical (unpaired) electrons. The normalized spacial score (nSPS) is 21.1. The highest BCUT2D eigenvalue weighted by molar-refractivity contribution is 6.62. The van der Waals surface area contributed by atoms with Gasteiger partial charge in [0.1, 0.15) is 0 Å². The van der Waals surface area contributed by atoms with Crippen molar-refractivity contribution in [2.24, 2.45) is 0 Å². The molecule has 0 spiro atoms. The van der Waals surface area contributed by atoms with Gasteiger partial charge in [-0.3, -0.25) is 0 Å². The molecule has 2 rings (SSSR count). The lowest BCUT2D eigenvalue weighted by Crippen LogP contribution is -2.41. The summed E-state index contributed by atoms with van der Waals surface area (Å²) in [6.45, 7) is 8.16. The lowest BCUT2D eigenvalue weighted by molar-refractivity contribution is 0.00578. The average molecular weight is 248 g/mol. The van der Waals surface area contributed by atoms with Crippen LogP contribution in [0.4, 0.5) is 11.4 Å². The molecule has 18 heavy (non-hydrogen) atoms. The largest absolute Gasteiger partial charge is 0.494 e. The van der Waals surface area contributed by atoms with E-state index in [0.29, 0.717) is 5.69 Å². The van der Waals surface area contributed by atoms with Gasteiger partial charge in [0.05, 0.1) is 22.6 Å². The third-order valence-corrected chi connectivity index (χ3v) is 3.87. The van der Waals surface area contributed by atoms with Crippen LogP contribution >= 0.6 is 0 Å². The minimum atomic E-state index is -0.358. The molecule has 3 N–H and O–H groups in total. The Labute approximate surface area is 109 Å². The Morgan fingerprint density at radius 2 is 1.67 bits per heavy atom. The Morgan fingerprint density at radius 3 is 2.11 bits per heavy atom. The zero-order valence-corrected chi connectivity index (χ0v) is 11.7. The maximum absolute atomic E-state index is 5.98. The number of nitrogens with one attached hydrogen (secondary N) is 1. The number of hydrogen-bond donors (Lipinski definition) is 2. The quantitative estimate of drug-likeness (QED) is 0.616. The van der Waals surface area contributed by atoms with Crippen LogP contribution in [-0.2, 0) is 9.31 Å². The summed E-state index contributed by atoms with van der Waals surface area (Å²) < 4.78 is 12.0. The van der Waals surface area contributed by atoms with Crippen LogP contribution in [0.5, 0.6) is 0 Å². The highest BCUT2D eigenvalue weighted by Crippen LogP contribution is 2.36. The van der Waals surface area contributed by atoms with Crippen molar-refractivity contribution in [3.8, 4) is 0 Å². The van der Waals surface area contributed by atoms with Crippen LogP contribution in [0, 0.1) is 0 Å². The van der Waals surface area contributed by atoms with Crippen LogP contribution in [0.15, 0.2) is 18.2 Å². The SMILES string of the molecule is CNc1ccc(B2OC(C)(C)C(C)(C)O2)cc1N. The number of benzene rings is 1. The van der Waals surface area contributed by atoms with Crippen molar-refractivity contribution in [2.45, 2.75) is 38.9 Å². The van der Waals surface area contributed by atoms with Gasteiger partial charge in [-0.2, -0.15) is 0 Å². The molecule has 0 atom stereocenters. The number of hydrogen-bond acceptors (Lipinski definition) is 4. The molecule has 98 valence electrons. The Hall–Kier alpha value is -1.20. The Kier molecular flexibility index (Phi) is 3.07. The van der Waals surface area contributed by atoms with Crippen LogP contribution in [0.3, 0.4) is 0 Å². The predicted molar refractivity (Wildman–Crippen MR) is 76.1 cm³/mol. The van der Waals surface area contributed by atoms with E-state index in [2.05, 4.69) is 5.32 Å². The molecule has 0 unspecified atom stereocenters. The molecular formula is C13H21BN2O2. The molecule has 4 nitrogen and oxygen atoms in total. The van der Waals surface area contributed by atoms with Gasteiger partial charge in [-0.25, -0.2) is 0 Å². The smallest absolute Gasteiger partial charge is 0.399 e. The van der Waals surface area contributed by atoms with E-state index in [0.717, 1.165) is 11.2 Å². The van der Waals surface area contributed by atoms with Crippen molar-refractivity contribution in [3.05, 3.63) is 18.2 Å². The molecule has 1 saturated heterocycles. The van der Waals surface area contributed by atoms with Crippen molar-refractivity contribution < 1.29 is 9.31 Å². The predicted octanol–water partition coefficient (Wildman–Crippen LogP) is 1.61. The molecule has 1 aliphatic rings. The highest BCUT2D eigenvalue weighted by Gasteiger charge is 2.51. The molecule has 0 aliphatic carbocycles. The van der Waals surface area contributed by atoms with Gasteiger partial charge >= 0.3 is 7.12 Å². The lowest BCUT2D eigenvalue weighted by Gasteiger charge is -2.32. The molecule has 0 aromatic heterocycles. The van der Waals surface area contributed by atoms with E-state index in [1.54, 1.807) is 0 Å². The van der Waals surface area contributed by atoms with Crippen molar-refractivity contribution in [1.29, 1.82) is 0 Å². The van der Waals surface area contributed by atoms with E-state index >= 15 is 0 Å². The van der Waals surface area contributed by atoms with Gasteiger partial charge in [0.25, 0.3) is 0 Å². The fourth-order valence-corrected chi connectivity index (χ4v) is 1.93. The van der Waals surface area contributed by atoms with E-state index in [1.807, 2.05) is 52.9 Å². The zero-order chi connectivity index (χ0) is 13.6. The number of nitrogens with two attached hydrogens (primary N) is 1. The second-order valence-corrected chi connectivity index (χ2v) is 5.68. The monoisotopic (exact) mass is 248 g/mol. The second-order valence-electron chi connectivity index (χ2n) is 5.68. The van der Waals surface area contributed by atoms with E-state index in [1.165, 1.54) is 0 Å². The third kappa shape index (κ3) is 2.08. The summed E-state index contributed by atoms with van der Waals surface area (Å²) >= 11 is 0. The van der Waals surface area contributed by atoms with Crippen LogP contribution in [0.25, 0.3) is 0 Å². The Balaban J connectivity index is 2.27. The summed E-state index contributed by atoms with van der Waals surface area (Å²) in [7, 11) is 1.49. The first-order chi connectivity index (χ1) is 8.27. The number of rotatable bonds is 2. The van der Waals surface area contributed by atoms with E-state index in [4.69, 9.17) is 15.0 Å². The van der Waals surface area contributed by atoms with Gasteiger partial charge in [0.15, 0.2) is 0 Å². The first-order valence-electron chi connectivity index (χ1n) is 6.20. The summed E-state index contributed by atoms with van der Waals surface area (Å²) in [5.74, 6) is 0. The fourth-order valence-electron chi connectivity index (χ4n) is 1.93. The van der Waals surface area contributed by atoms with Crippen molar-refractivity contribution in [1.82, 2.24) is 0 Å². The minimum absolute atomic E-state index is 0.325. The first-order valence-corrected chi connectivity index (χ1v) is 6.20. The van der Waals surface area contributed by atoms with E-state index in [-0.39, 0.29) is 18.3 Å². The molecule has 1 heterocycles. The summed E-state index contributed by atoms with van der Waals surface area (Å²) in [4.78, 5) is 0. The first kappa shape index (κ1) is 13.2. The van der Waals surface area contributed by atoms with Gasteiger partial charge in [0.2, 0.25) is 0 Å². The average Bonchev–Trinajstić information content (AvgIpc) is 2.48. The van der Waals surface area contributed by atoms with Crippen molar-refractivity contribution in [2.75, 3.05) is 18.1 Å². The third-order valence-electron chi connectivity index (χ3n) is 3.87. The van der Waals surface area contributed by atoms with E-state index < -0.39 is 0 Å². The van der Waals surface area contributed by atoms with Crippen molar-refractivity contribution >= 4 is 24.0 Å².